The van der Waals surface area contributed by atoms with Gasteiger partial charge in [-0.05, 0) is 12.3 Å². The molecule has 0 bridgehead atoms. The fourth-order valence-corrected chi connectivity index (χ4v) is 1.65. The minimum absolute atomic E-state index is 0.221. The van der Waals surface area contributed by atoms with Gasteiger partial charge in [-0.15, -0.1) is 0 Å². The normalized spacial score (nSPS) is 10.9. The van der Waals surface area contributed by atoms with E-state index in [1.165, 1.54) is 6.33 Å². The summed E-state index contributed by atoms with van der Waals surface area (Å²) in [7, 11) is 1.68. The van der Waals surface area contributed by atoms with Crippen LogP contribution in [-0.2, 0) is 9.47 Å². The van der Waals surface area contributed by atoms with Crippen molar-refractivity contribution >= 4 is 5.82 Å². The first kappa shape index (κ1) is 15.7. The van der Waals surface area contributed by atoms with Crippen LogP contribution >= 0.6 is 0 Å². The number of nitrogens with two attached hydrogens (primary N) is 1. The van der Waals surface area contributed by atoms with Crippen molar-refractivity contribution < 1.29 is 14.2 Å². The Kier molecular flexibility index (Phi) is 7.14. The first-order valence-electron chi connectivity index (χ1n) is 6.46. The number of nitrogen functional groups attached to an aromatic ring is 1. The maximum absolute atomic E-state index is 5.83. The third kappa shape index (κ3) is 5.40. The maximum atomic E-state index is 5.83. The number of nitrogens with zero attached hydrogens (tertiary/aromatic N) is 2. The Bertz CT molecular complexity index is 372. The van der Waals surface area contributed by atoms with Crippen molar-refractivity contribution in [3.05, 3.63) is 11.9 Å². The van der Waals surface area contributed by atoms with Crippen molar-refractivity contribution in [3.63, 3.8) is 0 Å². The zero-order valence-electron chi connectivity index (χ0n) is 11.9. The highest BCUT2D eigenvalue weighted by Crippen LogP contribution is 2.27. The topological polar surface area (TPSA) is 79.5 Å². The lowest BCUT2D eigenvalue weighted by molar-refractivity contribution is 0.0792. The Hall–Kier alpha value is -1.40. The van der Waals surface area contributed by atoms with Crippen LogP contribution in [0.1, 0.15) is 31.7 Å². The predicted molar refractivity (Wildman–Crippen MR) is 73.3 cm³/mol. The smallest absolute Gasteiger partial charge is 0.222 e. The first-order chi connectivity index (χ1) is 9.16. The second-order valence-corrected chi connectivity index (χ2v) is 4.44. The van der Waals surface area contributed by atoms with Crippen LogP contribution in [0.5, 0.6) is 5.88 Å². The molecule has 1 rings (SSSR count). The van der Waals surface area contributed by atoms with Crippen LogP contribution in [0.25, 0.3) is 0 Å². The van der Waals surface area contributed by atoms with Gasteiger partial charge in [0.05, 0.1) is 12.2 Å². The molecular weight excluding hydrogens is 246 g/mol. The number of hydrogen-bond acceptors (Lipinski definition) is 6. The molecule has 0 fully saturated rings. The highest BCUT2D eigenvalue weighted by atomic mass is 16.5. The molecule has 2 N–H and O–H groups in total. The molecular formula is C13H23N3O3. The number of methoxy groups -OCH3 is 1. The molecule has 6 nitrogen and oxygen atoms in total. The van der Waals surface area contributed by atoms with Crippen LogP contribution in [0.15, 0.2) is 6.33 Å². The summed E-state index contributed by atoms with van der Waals surface area (Å²) in [4.78, 5) is 8.10. The molecule has 0 radical (unpaired) electrons. The average molecular weight is 269 g/mol. The van der Waals surface area contributed by atoms with Gasteiger partial charge in [0.25, 0.3) is 0 Å². The lowest BCUT2D eigenvalue weighted by Gasteiger charge is -2.14. The Labute approximate surface area is 114 Å². The standard InChI is InChI=1S/C13H23N3O3/c1-10(2)11-12(14)15-9-16-13(11)19-8-7-18-6-4-5-17-3/h9-10H,4-8H2,1-3H3,(H2,14,15,16). The van der Waals surface area contributed by atoms with Gasteiger partial charge in [-0.25, -0.2) is 9.97 Å². The highest BCUT2D eigenvalue weighted by Gasteiger charge is 2.13. The van der Waals surface area contributed by atoms with Crippen molar-refractivity contribution in [3.8, 4) is 5.88 Å². The molecule has 19 heavy (non-hydrogen) atoms. The van der Waals surface area contributed by atoms with Crippen LogP contribution < -0.4 is 10.5 Å². The zero-order chi connectivity index (χ0) is 14.1. The molecule has 0 saturated heterocycles. The molecule has 1 aromatic rings. The second-order valence-electron chi connectivity index (χ2n) is 4.44. The summed E-state index contributed by atoms with van der Waals surface area (Å²) in [6, 6.07) is 0. The summed E-state index contributed by atoms with van der Waals surface area (Å²) in [5, 5.41) is 0. The molecule has 0 aromatic carbocycles. The van der Waals surface area contributed by atoms with Crippen molar-refractivity contribution in [2.45, 2.75) is 26.2 Å². The van der Waals surface area contributed by atoms with Gasteiger partial charge in [0.2, 0.25) is 5.88 Å². The molecule has 0 aliphatic rings. The van der Waals surface area contributed by atoms with E-state index in [9.17, 15) is 0 Å². The number of anilines is 1. The van der Waals surface area contributed by atoms with E-state index in [0.717, 1.165) is 12.0 Å². The molecule has 0 aliphatic heterocycles. The van der Waals surface area contributed by atoms with Gasteiger partial charge >= 0.3 is 0 Å². The molecule has 0 spiro atoms. The van der Waals surface area contributed by atoms with Gasteiger partial charge in [0, 0.05) is 20.3 Å². The van der Waals surface area contributed by atoms with Crippen molar-refractivity contribution in [1.82, 2.24) is 9.97 Å². The van der Waals surface area contributed by atoms with Crippen LogP contribution in [0, 0.1) is 0 Å². The summed E-state index contributed by atoms with van der Waals surface area (Å²) in [5.74, 6) is 1.24. The number of rotatable bonds is 9. The van der Waals surface area contributed by atoms with Crippen LogP contribution in [-0.4, -0.2) is 43.5 Å². The third-order valence-electron chi connectivity index (χ3n) is 2.56. The lowest BCUT2D eigenvalue weighted by Crippen LogP contribution is -2.12. The van der Waals surface area contributed by atoms with Gasteiger partial charge in [-0.2, -0.15) is 0 Å². The van der Waals surface area contributed by atoms with Gasteiger partial charge in [0.1, 0.15) is 18.8 Å². The van der Waals surface area contributed by atoms with Gasteiger partial charge in [-0.3, -0.25) is 0 Å². The third-order valence-corrected chi connectivity index (χ3v) is 2.56. The molecule has 0 unspecified atom stereocenters. The molecule has 1 heterocycles. The number of ether oxygens (including phenoxy) is 3. The fourth-order valence-electron chi connectivity index (χ4n) is 1.65. The number of hydrogen-bond donors (Lipinski definition) is 1. The SMILES string of the molecule is COCCCOCCOc1ncnc(N)c1C(C)C. The van der Waals surface area contributed by atoms with E-state index in [1.807, 2.05) is 13.8 Å². The van der Waals surface area contributed by atoms with Crippen LogP contribution in [0.4, 0.5) is 5.82 Å². The van der Waals surface area contributed by atoms with E-state index in [0.29, 0.717) is 38.1 Å². The van der Waals surface area contributed by atoms with E-state index in [-0.39, 0.29) is 5.92 Å². The lowest BCUT2D eigenvalue weighted by atomic mass is 10.1. The Balaban J connectivity index is 2.35. The van der Waals surface area contributed by atoms with E-state index < -0.39 is 0 Å². The molecule has 6 heteroatoms. The van der Waals surface area contributed by atoms with Crippen molar-refractivity contribution in [1.29, 1.82) is 0 Å². The van der Waals surface area contributed by atoms with E-state index in [1.54, 1.807) is 7.11 Å². The van der Waals surface area contributed by atoms with Crippen molar-refractivity contribution in [2.75, 3.05) is 39.3 Å². The second kappa shape index (κ2) is 8.66. The Morgan fingerprint density at radius 2 is 1.95 bits per heavy atom. The zero-order valence-corrected chi connectivity index (χ0v) is 11.9. The molecule has 0 atom stereocenters. The molecule has 0 aliphatic carbocycles. The molecule has 1 aromatic heterocycles. The first-order valence-corrected chi connectivity index (χ1v) is 6.46. The Morgan fingerprint density at radius 3 is 2.63 bits per heavy atom. The summed E-state index contributed by atoms with van der Waals surface area (Å²) < 4.78 is 15.9. The van der Waals surface area contributed by atoms with Gasteiger partial charge in [-0.1, -0.05) is 13.8 Å². The van der Waals surface area contributed by atoms with Gasteiger partial charge in [0.15, 0.2) is 0 Å². The van der Waals surface area contributed by atoms with Crippen molar-refractivity contribution in [2.24, 2.45) is 0 Å². The summed E-state index contributed by atoms with van der Waals surface area (Å²) >= 11 is 0. The fraction of sp³-hybridized carbons (Fsp3) is 0.692. The summed E-state index contributed by atoms with van der Waals surface area (Å²) in [6.07, 6.45) is 2.30. The summed E-state index contributed by atoms with van der Waals surface area (Å²) in [5.41, 5.74) is 6.68. The van der Waals surface area contributed by atoms with Gasteiger partial charge < -0.3 is 19.9 Å². The molecule has 108 valence electrons. The van der Waals surface area contributed by atoms with E-state index in [4.69, 9.17) is 19.9 Å². The minimum Gasteiger partial charge on any atom is -0.475 e. The van der Waals surface area contributed by atoms with E-state index in [2.05, 4.69) is 9.97 Å². The summed E-state index contributed by atoms with van der Waals surface area (Å²) in [6.45, 7) is 6.40. The maximum Gasteiger partial charge on any atom is 0.222 e. The average Bonchev–Trinajstić information content (AvgIpc) is 2.37. The molecule has 0 amide bonds. The van der Waals surface area contributed by atoms with Crippen LogP contribution in [0.3, 0.4) is 0 Å². The number of aromatic nitrogens is 2. The van der Waals surface area contributed by atoms with Crippen LogP contribution in [0.2, 0.25) is 0 Å². The predicted octanol–water partition coefficient (Wildman–Crippen LogP) is 1.61. The van der Waals surface area contributed by atoms with E-state index >= 15 is 0 Å². The monoisotopic (exact) mass is 269 g/mol. The quantitative estimate of drug-likeness (QED) is 0.686. The Morgan fingerprint density at radius 1 is 1.16 bits per heavy atom. The largest absolute Gasteiger partial charge is 0.475 e. The highest BCUT2D eigenvalue weighted by molar-refractivity contribution is 5.46. The molecule has 0 saturated carbocycles. The minimum atomic E-state index is 0.221.